The summed E-state index contributed by atoms with van der Waals surface area (Å²) in [7, 11) is 0. The van der Waals surface area contributed by atoms with Crippen molar-refractivity contribution in [3.8, 4) is 0 Å². The zero-order chi connectivity index (χ0) is 15.4. The van der Waals surface area contributed by atoms with Gasteiger partial charge in [0.15, 0.2) is 0 Å². The van der Waals surface area contributed by atoms with Gasteiger partial charge in [-0.2, -0.15) is 0 Å². The molecule has 0 fully saturated rings. The van der Waals surface area contributed by atoms with Crippen LogP contribution in [0.3, 0.4) is 0 Å². The maximum atomic E-state index is 11.9. The van der Waals surface area contributed by atoms with Gasteiger partial charge in [0, 0.05) is 17.5 Å². The summed E-state index contributed by atoms with van der Waals surface area (Å²) in [4.78, 5) is 11.9. The molecule has 0 aliphatic heterocycles. The van der Waals surface area contributed by atoms with E-state index in [1.807, 2.05) is 0 Å². The third-order valence-electron chi connectivity index (χ3n) is 3.72. The van der Waals surface area contributed by atoms with E-state index in [-0.39, 0.29) is 18.3 Å². The fraction of sp³-hybridized carbons (Fsp3) is 0.471. The molecule has 2 rings (SSSR count). The van der Waals surface area contributed by atoms with Gasteiger partial charge in [0.2, 0.25) is 5.91 Å². The second-order valence-electron chi connectivity index (χ2n) is 5.79. The minimum Gasteiger partial charge on any atom is -0.464 e. The van der Waals surface area contributed by atoms with E-state index in [1.165, 1.54) is 11.1 Å². The van der Waals surface area contributed by atoms with Crippen molar-refractivity contribution >= 4 is 29.3 Å². The molecule has 22 heavy (non-hydrogen) atoms. The predicted molar refractivity (Wildman–Crippen MR) is 92.7 cm³/mol. The zero-order valence-corrected chi connectivity index (χ0v) is 14.3. The number of benzene rings is 1. The molecule has 0 aliphatic carbocycles. The summed E-state index contributed by atoms with van der Waals surface area (Å²) in [6, 6.07) is 4.21. The third kappa shape index (κ3) is 4.24. The number of rotatable bonds is 6. The summed E-state index contributed by atoms with van der Waals surface area (Å²) in [5.41, 5.74) is 9.74. The molecule has 122 valence electrons. The fourth-order valence-corrected chi connectivity index (χ4v) is 2.57. The SMILES string of the molecule is Cc1cc2occ(CC(=O)NCCCN)c2cc1C(C)C.Cl. The highest BCUT2D eigenvalue weighted by Crippen LogP contribution is 2.29. The van der Waals surface area contributed by atoms with Gasteiger partial charge in [0.25, 0.3) is 0 Å². The molecule has 0 aliphatic rings. The zero-order valence-electron chi connectivity index (χ0n) is 13.4. The van der Waals surface area contributed by atoms with Gasteiger partial charge in [0.1, 0.15) is 5.58 Å². The van der Waals surface area contributed by atoms with E-state index in [2.05, 4.69) is 38.2 Å². The smallest absolute Gasteiger partial charge is 0.224 e. The molecule has 1 heterocycles. The lowest BCUT2D eigenvalue weighted by molar-refractivity contribution is -0.120. The first-order valence-electron chi connectivity index (χ1n) is 7.50. The van der Waals surface area contributed by atoms with E-state index < -0.39 is 0 Å². The van der Waals surface area contributed by atoms with E-state index in [0.29, 0.717) is 25.4 Å². The average Bonchev–Trinajstić information content (AvgIpc) is 2.80. The molecule has 1 amide bonds. The molecule has 0 spiro atoms. The summed E-state index contributed by atoms with van der Waals surface area (Å²) in [6.45, 7) is 7.66. The van der Waals surface area contributed by atoms with Crippen molar-refractivity contribution in [3.63, 3.8) is 0 Å². The Bertz CT molecular complexity index is 635. The van der Waals surface area contributed by atoms with Crippen molar-refractivity contribution in [2.75, 3.05) is 13.1 Å². The maximum Gasteiger partial charge on any atom is 0.224 e. The van der Waals surface area contributed by atoms with Crippen LogP contribution in [0.25, 0.3) is 11.0 Å². The van der Waals surface area contributed by atoms with E-state index in [4.69, 9.17) is 10.2 Å². The number of nitrogens with one attached hydrogen (secondary N) is 1. The Hall–Kier alpha value is -1.52. The summed E-state index contributed by atoms with van der Waals surface area (Å²) < 4.78 is 5.59. The molecule has 0 saturated carbocycles. The van der Waals surface area contributed by atoms with E-state index in [0.717, 1.165) is 23.0 Å². The largest absolute Gasteiger partial charge is 0.464 e. The molecular weight excluding hydrogens is 300 g/mol. The Morgan fingerprint density at radius 2 is 2.09 bits per heavy atom. The number of aryl methyl sites for hydroxylation is 1. The van der Waals surface area contributed by atoms with Crippen molar-refractivity contribution in [1.29, 1.82) is 0 Å². The first-order chi connectivity index (χ1) is 10.0. The van der Waals surface area contributed by atoms with Crippen LogP contribution in [-0.2, 0) is 11.2 Å². The van der Waals surface area contributed by atoms with Crippen LogP contribution in [0.5, 0.6) is 0 Å². The molecule has 2 aromatic rings. The fourth-order valence-electron chi connectivity index (χ4n) is 2.57. The number of nitrogens with two attached hydrogens (primary N) is 1. The number of carbonyl (C=O) groups is 1. The average molecular weight is 325 g/mol. The molecule has 1 aromatic heterocycles. The second-order valence-corrected chi connectivity index (χ2v) is 5.79. The molecule has 3 N–H and O–H groups in total. The van der Waals surface area contributed by atoms with Crippen molar-refractivity contribution in [2.45, 2.75) is 39.5 Å². The van der Waals surface area contributed by atoms with Gasteiger partial charge >= 0.3 is 0 Å². The van der Waals surface area contributed by atoms with E-state index in [9.17, 15) is 4.79 Å². The maximum absolute atomic E-state index is 11.9. The van der Waals surface area contributed by atoms with Crippen LogP contribution >= 0.6 is 12.4 Å². The van der Waals surface area contributed by atoms with Crippen LogP contribution in [0, 0.1) is 6.92 Å². The van der Waals surface area contributed by atoms with Gasteiger partial charge in [-0.3, -0.25) is 4.79 Å². The molecule has 0 bridgehead atoms. The molecule has 0 radical (unpaired) electrons. The lowest BCUT2D eigenvalue weighted by Gasteiger charge is -2.10. The summed E-state index contributed by atoms with van der Waals surface area (Å²) in [6.07, 6.45) is 2.84. The summed E-state index contributed by atoms with van der Waals surface area (Å²) >= 11 is 0. The first-order valence-corrected chi connectivity index (χ1v) is 7.50. The van der Waals surface area contributed by atoms with Crippen LogP contribution in [0.15, 0.2) is 22.8 Å². The van der Waals surface area contributed by atoms with E-state index >= 15 is 0 Å². The van der Waals surface area contributed by atoms with Crippen LogP contribution in [0.4, 0.5) is 0 Å². The van der Waals surface area contributed by atoms with E-state index in [1.54, 1.807) is 6.26 Å². The number of amides is 1. The Kier molecular flexibility index (Phi) is 6.91. The van der Waals surface area contributed by atoms with Gasteiger partial charge in [-0.15, -0.1) is 12.4 Å². The minimum absolute atomic E-state index is 0. The highest BCUT2D eigenvalue weighted by Gasteiger charge is 2.13. The molecule has 0 atom stereocenters. The molecule has 0 unspecified atom stereocenters. The lowest BCUT2D eigenvalue weighted by Crippen LogP contribution is -2.27. The molecule has 0 saturated heterocycles. The molecule has 4 nitrogen and oxygen atoms in total. The second kappa shape index (κ2) is 8.20. The monoisotopic (exact) mass is 324 g/mol. The minimum atomic E-state index is 0. The number of hydrogen-bond acceptors (Lipinski definition) is 3. The molecular formula is C17H25ClN2O2. The summed E-state index contributed by atoms with van der Waals surface area (Å²) in [5, 5.41) is 3.91. The van der Waals surface area contributed by atoms with Crippen LogP contribution in [0.1, 0.15) is 42.9 Å². The van der Waals surface area contributed by atoms with Crippen LogP contribution in [0.2, 0.25) is 0 Å². The Morgan fingerprint density at radius 3 is 2.73 bits per heavy atom. The Morgan fingerprint density at radius 1 is 1.36 bits per heavy atom. The number of hydrogen-bond donors (Lipinski definition) is 2. The third-order valence-corrected chi connectivity index (χ3v) is 3.72. The Labute approximate surface area is 137 Å². The number of fused-ring (bicyclic) bond motifs is 1. The number of halogens is 1. The Balaban J connectivity index is 0.00000242. The van der Waals surface area contributed by atoms with Gasteiger partial charge in [0.05, 0.1) is 12.7 Å². The van der Waals surface area contributed by atoms with Gasteiger partial charge in [-0.25, -0.2) is 0 Å². The van der Waals surface area contributed by atoms with Crippen LogP contribution in [-0.4, -0.2) is 19.0 Å². The quantitative estimate of drug-likeness (QED) is 0.801. The highest BCUT2D eigenvalue weighted by atomic mass is 35.5. The predicted octanol–water partition coefficient (Wildman–Crippen LogP) is 3.29. The molecule has 1 aromatic carbocycles. The number of furan rings is 1. The lowest BCUT2D eigenvalue weighted by atomic mass is 9.95. The normalized spacial score (nSPS) is 10.8. The highest BCUT2D eigenvalue weighted by molar-refractivity contribution is 5.88. The molecule has 5 heteroatoms. The van der Waals surface area contributed by atoms with Crippen LogP contribution < -0.4 is 11.1 Å². The topological polar surface area (TPSA) is 68.3 Å². The standard InChI is InChI=1S/C17H24N2O2.ClH/c1-11(2)14-9-15-13(8-17(20)19-6-4-5-18)10-21-16(15)7-12(14)3;/h7,9-11H,4-6,8,18H2,1-3H3,(H,19,20);1H. The summed E-state index contributed by atoms with van der Waals surface area (Å²) in [5.74, 6) is 0.466. The first kappa shape index (κ1) is 18.5. The number of carbonyl (C=O) groups excluding carboxylic acids is 1. The van der Waals surface area contributed by atoms with Crippen molar-refractivity contribution in [2.24, 2.45) is 5.73 Å². The van der Waals surface area contributed by atoms with Gasteiger partial charge in [-0.1, -0.05) is 13.8 Å². The van der Waals surface area contributed by atoms with Crippen molar-refractivity contribution in [1.82, 2.24) is 5.32 Å². The van der Waals surface area contributed by atoms with Crippen molar-refractivity contribution < 1.29 is 9.21 Å². The van der Waals surface area contributed by atoms with Gasteiger partial charge < -0.3 is 15.5 Å². The van der Waals surface area contributed by atoms with Gasteiger partial charge in [-0.05, 0) is 49.1 Å². The van der Waals surface area contributed by atoms with Crippen molar-refractivity contribution in [3.05, 3.63) is 35.1 Å².